The van der Waals surface area contributed by atoms with E-state index in [0.29, 0.717) is 17.9 Å². The molecule has 0 fully saturated rings. The number of carbonyl (C=O) groups is 1. The maximum absolute atomic E-state index is 12.1. The van der Waals surface area contributed by atoms with Gasteiger partial charge in [-0.3, -0.25) is 4.79 Å². The first-order valence-electron chi connectivity index (χ1n) is 10.3. The molecular formula is C25H30N2O. The molecule has 2 N–H and O–H groups in total. The Hall–Kier alpha value is -2.55. The van der Waals surface area contributed by atoms with Crippen LogP contribution in [0.1, 0.15) is 60.0 Å². The second-order valence-electron chi connectivity index (χ2n) is 8.73. The summed E-state index contributed by atoms with van der Waals surface area (Å²) in [5.41, 5.74) is 8.85. The van der Waals surface area contributed by atoms with Crippen molar-refractivity contribution >= 4 is 17.3 Å². The fourth-order valence-corrected chi connectivity index (χ4v) is 4.93. The lowest BCUT2D eigenvalue weighted by atomic mass is 9.75. The monoisotopic (exact) mass is 374 g/mol. The Kier molecular flexibility index (Phi) is 4.78. The molecule has 0 saturated heterocycles. The summed E-state index contributed by atoms with van der Waals surface area (Å²) >= 11 is 0. The third-order valence-electron chi connectivity index (χ3n) is 6.20. The molecule has 0 bridgehead atoms. The smallest absolute Gasteiger partial charge is 0.226 e. The van der Waals surface area contributed by atoms with Gasteiger partial charge in [-0.2, -0.15) is 0 Å². The van der Waals surface area contributed by atoms with Gasteiger partial charge in [-0.05, 0) is 73.6 Å². The van der Waals surface area contributed by atoms with Gasteiger partial charge in [0.05, 0.1) is 6.04 Å². The summed E-state index contributed by atoms with van der Waals surface area (Å²) in [5, 5.41) is 6.88. The highest BCUT2D eigenvalue weighted by Gasteiger charge is 2.39. The molecule has 2 aromatic carbocycles. The molecule has 3 nitrogen and oxygen atoms in total. The lowest BCUT2D eigenvalue weighted by Gasteiger charge is -2.39. The number of anilines is 2. The predicted octanol–water partition coefficient (Wildman–Crippen LogP) is 6.03. The highest BCUT2D eigenvalue weighted by atomic mass is 16.1. The van der Waals surface area contributed by atoms with E-state index in [1.54, 1.807) is 0 Å². The molecule has 1 aliphatic carbocycles. The summed E-state index contributed by atoms with van der Waals surface area (Å²) in [6.45, 7) is 10.5. The number of aryl methyl sites for hydroxylation is 3. The molecule has 3 unspecified atom stereocenters. The summed E-state index contributed by atoms with van der Waals surface area (Å²) in [6.07, 6.45) is 5.75. The van der Waals surface area contributed by atoms with Gasteiger partial charge in [0.15, 0.2) is 0 Å². The van der Waals surface area contributed by atoms with Crippen LogP contribution in [0.5, 0.6) is 0 Å². The first-order valence-corrected chi connectivity index (χ1v) is 10.3. The molecule has 0 spiro atoms. The third-order valence-corrected chi connectivity index (χ3v) is 6.20. The van der Waals surface area contributed by atoms with Crippen molar-refractivity contribution in [2.75, 3.05) is 10.6 Å². The molecular weight excluding hydrogens is 344 g/mol. The third kappa shape index (κ3) is 3.23. The predicted molar refractivity (Wildman–Crippen MR) is 117 cm³/mol. The molecule has 146 valence electrons. The van der Waals surface area contributed by atoms with Crippen LogP contribution in [0, 0.1) is 32.6 Å². The van der Waals surface area contributed by atoms with E-state index in [0.717, 1.165) is 12.1 Å². The Morgan fingerprint density at radius 3 is 2.50 bits per heavy atom. The van der Waals surface area contributed by atoms with E-state index in [9.17, 15) is 4.79 Å². The summed E-state index contributed by atoms with van der Waals surface area (Å²) in [5.74, 6) is 0.928. The van der Waals surface area contributed by atoms with Crippen molar-refractivity contribution in [1.29, 1.82) is 0 Å². The number of rotatable bonds is 3. The van der Waals surface area contributed by atoms with Gasteiger partial charge in [0.1, 0.15) is 0 Å². The lowest BCUT2D eigenvalue weighted by molar-refractivity contribution is -0.118. The van der Waals surface area contributed by atoms with Gasteiger partial charge >= 0.3 is 0 Å². The zero-order chi connectivity index (χ0) is 20.0. The van der Waals surface area contributed by atoms with Gasteiger partial charge in [-0.1, -0.05) is 43.7 Å². The second-order valence-corrected chi connectivity index (χ2v) is 8.73. The zero-order valence-corrected chi connectivity index (χ0v) is 17.5. The number of nitrogens with one attached hydrogen (secondary N) is 2. The molecule has 2 aliphatic rings. The number of benzene rings is 2. The van der Waals surface area contributed by atoms with Crippen molar-refractivity contribution in [2.45, 2.75) is 53.0 Å². The summed E-state index contributed by atoms with van der Waals surface area (Å²) < 4.78 is 0. The number of hydrogen-bond acceptors (Lipinski definition) is 2. The standard InChI is InChI=1S/C25H30N2O/c1-14(2)25(28)26-18-9-10-22-21(13-18)19-7-6-8-20(19)24(27-22)23-16(4)11-15(3)12-17(23)5/h6-7,9-14,19-20,24,27H,8H2,1-5H3,(H,26,28). The molecule has 1 aliphatic heterocycles. The van der Waals surface area contributed by atoms with Crippen LogP contribution in [0.15, 0.2) is 42.5 Å². The van der Waals surface area contributed by atoms with Crippen LogP contribution < -0.4 is 10.6 Å². The fraction of sp³-hybridized carbons (Fsp3) is 0.400. The molecule has 0 saturated carbocycles. The van der Waals surface area contributed by atoms with E-state index in [1.165, 1.54) is 33.5 Å². The molecule has 0 radical (unpaired) electrons. The molecule has 3 heteroatoms. The maximum atomic E-state index is 12.1. The van der Waals surface area contributed by atoms with Crippen molar-refractivity contribution in [1.82, 2.24) is 0 Å². The normalized spacial score (nSPS) is 22.6. The lowest BCUT2D eigenvalue weighted by Crippen LogP contribution is -2.30. The fourth-order valence-electron chi connectivity index (χ4n) is 4.93. The maximum Gasteiger partial charge on any atom is 0.226 e. The van der Waals surface area contributed by atoms with E-state index in [1.807, 2.05) is 19.9 Å². The van der Waals surface area contributed by atoms with Crippen LogP contribution in [0.25, 0.3) is 0 Å². The molecule has 28 heavy (non-hydrogen) atoms. The zero-order valence-electron chi connectivity index (χ0n) is 17.5. The Labute approximate surface area is 168 Å². The van der Waals surface area contributed by atoms with Crippen LogP contribution in [-0.2, 0) is 4.79 Å². The first-order chi connectivity index (χ1) is 13.3. The highest BCUT2D eigenvalue weighted by molar-refractivity contribution is 5.92. The summed E-state index contributed by atoms with van der Waals surface area (Å²) in [7, 11) is 0. The Morgan fingerprint density at radius 2 is 1.82 bits per heavy atom. The van der Waals surface area contributed by atoms with Crippen molar-refractivity contribution in [3.05, 3.63) is 70.3 Å². The van der Waals surface area contributed by atoms with E-state index >= 15 is 0 Å². The van der Waals surface area contributed by atoms with Gasteiger partial charge in [0, 0.05) is 23.2 Å². The van der Waals surface area contributed by atoms with Crippen LogP contribution >= 0.6 is 0 Å². The minimum absolute atomic E-state index is 0.0230. The SMILES string of the molecule is Cc1cc(C)c(C2Nc3ccc(NC(=O)C(C)C)cc3C3C=CCC32)c(C)c1. The largest absolute Gasteiger partial charge is 0.378 e. The van der Waals surface area contributed by atoms with Crippen molar-refractivity contribution < 1.29 is 4.79 Å². The Bertz CT molecular complexity index is 934. The Morgan fingerprint density at radius 1 is 1.11 bits per heavy atom. The average molecular weight is 375 g/mol. The van der Waals surface area contributed by atoms with E-state index in [-0.39, 0.29) is 11.8 Å². The topological polar surface area (TPSA) is 41.1 Å². The summed E-state index contributed by atoms with van der Waals surface area (Å²) in [6, 6.07) is 11.2. The number of fused-ring (bicyclic) bond motifs is 3. The molecule has 1 heterocycles. The van der Waals surface area contributed by atoms with Crippen molar-refractivity contribution in [3.8, 4) is 0 Å². The van der Waals surface area contributed by atoms with E-state index in [4.69, 9.17) is 0 Å². The molecule has 0 aromatic heterocycles. The van der Waals surface area contributed by atoms with Gasteiger partial charge in [-0.15, -0.1) is 0 Å². The number of amides is 1. The molecule has 3 atom stereocenters. The van der Waals surface area contributed by atoms with Crippen molar-refractivity contribution in [2.24, 2.45) is 11.8 Å². The van der Waals surface area contributed by atoms with Gasteiger partial charge in [0.25, 0.3) is 0 Å². The van der Waals surface area contributed by atoms with Gasteiger partial charge in [-0.25, -0.2) is 0 Å². The first kappa shape index (κ1) is 18.8. The van der Waals surface area contributed by atoms with Crippen LogP contribution in [0.3, 0.4) is 0 Å². The minimum Gasteiger partial charge on any atom is -0.378 e. The van der Waals surface area contributed by atoms with Crippen LogP contribution in [0.4, 0.5) is 11.4 Å². The quantitative estimate of drug-likeness (QED) is 0.644. The number of allylic oxidation sites excluding steroid dienone is 2. The minimum atomic E-state index is -0.0230. The van der Waals surface area contributed by atoms with E-state index in [2.05, 4.69) is 67.8 Å². The average Bonchev–Trinajstić information content (AvgIpc) is 3.11. The number of carbonyl (C=O) groups excluding carboxylic acids is 1. The molecule has 4 rings (SSSR count). The second kappa shape index (κ2) is 7.12. The van der Waals surface area contributed by atoms with Crippen LogP contribution in [0.2, 0.25) is 0 Å². The molecule has 1 amide bonds. The van der Waals surface area contributed by atoms with E-state index < -0.39 is 0 Å². The van der Waals surface area contributed by atoms with Crippen molar-refractivity contribution in [3.63, 3.8) is 0 Å². The Balaban J connectivity index is 1.72. The summed E-state index contributed by atoms with van der Waals surface area (Å²) in [4.78, 5) is 12.1. The van der Waals surface area contributed by atoms with Crippen LogP contribution in [-0.4, -0.2) is 5.91 Å². The number of hydrogen-bond donors (Lipinski definition) is 2. The molecule has 2 aromatic rings. The highest BCUT2D eigenvalue weighted by Crippen LogP contribution is 2.51. The van der Waals surface area contributed by atoms with Gasteiger partial charge in [0.2, 0.25) is 5.91 Å². The van der Waals surface area contributed by atoms with Gasteiger partial charge < -0.3 is 10.6 Å².